The van der Waals surface area contributed by atoms with Gasteiger partial charge in [0.05, 0.1) is 27.7 Å². The highest BCUT2D eigenvalue weighted by Crippen LogP contribution is 2.32. The minimum absolute atomic E-state index is 0.491. The summed E-state index contributed by atoms with van der Waals surface area (Å²) in [5.41, 5.74) is 0. The monoisotopic (exact) mass is 450 g/mol. The highest BCUT2D eigenvalue weighted by molar-refractivity contribution is 7.40. The molecule has 0 aliphatic heterocycles. The van der Waals surface area contributed by atoms with E-state index in [1.165, 1.54) is 83.5 Å². The topological polar surface area (TPSA) is 47.9 Å². The number of unbranched alkanes of at least 4 members (excludes halogenated alkanes) is 13. The Bertz CT molecular complexity index is 340. The Morgan fingerprint density at radius 1 is 0.567 bits per heavy atom. The van der Waals surface area contributed by atoms with Gasteiger partial charge in [-0.25, -0.2) is 0 Å². The van der Waals surface area contributed by atoms with Crippen molar-refractivity contribution in [3.8, 4) is 0 Å². The van der Waals surface area contributed by atoms with Crippen LogP contribution in [0.5, 0.6) is 0 Å². The molecule has 0 aliphatic rings. The maximum atomic E-state index is 9.66. The molecule has 182 valence electrons. The first-order valence-corrected chi connectivity index (χ1v) is 13.7. The largest absolute Gasteiger partial charge is 0.381 e. The van der Waals surface area contributed by atoms with Gasteiger partial charge in [-0.2, -0.15) is 0 Å². The van der Waals surface area contributed by atoms with Crippen molar-refractivity contribution in [1.82, 2.24) is 0 Å². The second kappa shape index (κ2) is 22.4. The molecule has 5 nitrogen and oxygen atoms in total. The molecule has 30 heavy (non-hydrogen) atoms. The van der Waals surface area contributed by atoms with Crippen LogP contribution in [0.15, 0.2) is 0 Å². The van der Waals surface area contributed by atoms with Crippen LogP contribution >= 0.6 is 8.60 Å². The number of nitrogens with zero attached hydrogens (tertiary/aromatic N) is 1. The molecular weight excluding hydrogens is 397 g/mol. The molecule has 6 heteroatoms. The van der Waals surface area contributed by atoms with Crippen LogP contribution in [-0.2, 0) is 13.8 Å². The summed E-state index contributed by atoms with van der Waals surface area (Å²) in [6.45, 7) is 5.67. The second-order valence-electron chi connectivity index (χ2n) is 9.48. The van der Waals surface area contributed by atoms with Crippen molar-refractivity contribution in [2.24, 2.45) is 0 Å². The van der Waals surface area contributed by atoms with Crippen LogP contribution in [0.25, 0.3) is 0 Å². The lowest BCUT2D eigenvalue weighted by atomic mass is 10.0. The molecule has 0 rings (SSSR count). The first-order valence-electron chi connectivity index (χ1n) is 12.6. The van der Waals surface area contributed by atoms with Gasteiger partial charge in [0, 0.05) is 13.2 Å². The summed E-state index contributed by atoms with van der Waals surface area (Å²) in [6.07, 6.45) is 20.1. The SMILES string of the molecule is CCCCCCCCCCCCCCCCOCCCOP(O)OCC[N+](C)(C)C. The minimum Gasteiger partial charge on any atom is -0.381 e. The highest BCUT2D eigenvalue weighted by Gasteiger charge is 2.11. The molecule has 0 radical (unpaired) electrons. The summed E-state index contributed by atoms with van der Waals surface area (Å²) >= 11 is 0. The van der Waals surface area contributed by atoms with Gasteiger partial charge in [0.2, 0.25) is 0 Å². The van der Waals surface area contributed by atoms with Gasteiger partial charge in [-0.15, -0.1) is 0 Å². The summed E-state index contributed by atoms with van der Waals surface area (Å²) in [5.74, 6) is 0. The molecule has 0 fully saturated rings. The number of rotatable bonds is 24. The molecule has 0 saturated heterocycles. The zero-order chi connectivity index (χ0) is 22.3. The number of hydrogen-bond donors (Lipinski definition) is 1. The summed E-state index contributed by atoms with van der Waals surface area (Å²) < 4.78 is 17.1. The van der Waals surface area contributed by atoms with E-state index in [0.717, 1.165) is 30.5 Å². The first kappa shape index (κ1) is 30.2. The summed E-state index contributed by atoms with van der Waals surface area (Å²) in [4.78, 5) is 9.66. The quantitative estimate of drug-likeness (QED) is 0.0994. The fraction of sp³-hybridized carbons (Fsp3) is 1.00. The Balaban J connectivity index is 3.13. The summed E-state index contributed by atoms with van der Waals surface area (Å²) in [5, 5.41) is 0. The van der Waals surface area contributed by atoms with Gasteiger partial charge in [0.25, 0.3) is 0 Å². The maximum Gasteiger partial charge on any atom is 0.330 e. The van der Waals surface area contributed by atoms with Gasteiger partial charge < -0.3 is 23.2 Å². The van der Waals surface area contributed by atoms with E-state index < -0.39 is 8.60 Å². The van der Waals surface area contributed by atoms with Crippen LogP contribution in [0.4, 0.5) is 0 Å². The van der Waals surface area contributed by atoms with E-state index >= 15 is 0 Å². The number of quaternary nitrogens is 1. The average molecular weight is 451 g/mol. The van der Waals surface area contributed by atoms with Crippen molar-refractivity contribution in [3.63, 3.8) is 0 Å². The lowest BCUT2D eigenvalue weighted by molar-refractivity contribution is -0.870. The minimum atomic E-state index is -1.74. The molecule has 0 amide bonds. The van der Waals surface area contributed by atoms with Gasteiger partial charge in [-0.3, -0.25) is 0 Å². The predicted molar refractivity (Wildman–Crippen MR) is 130 cm³/mol. The molecule has 1 unspecified atom stereocenters. The highest BCUT2D eigenvalue weighted by atomic mass is 31.2. The van der Waals surface area contributed by atoms with E-state index in [2.05, 4.69) is 28.1 Å². The van der Waals surface area contributed by atoms with E-state index in [1.807, 2.05) is 0 Å². The molecule has 0 spiro atoms. The van der Waals surface area contributed by atoms with Crippen molar-refractivity contribution in [2.45, 2.75) is 103 Å². The van der Waals surface area contributed by atoms with E-state index in [9.17, 15) is 4.89 Å². The molecule has 0 bridgehead atoms. The Morgan fingerprint density at radius 2 is 1.00 bits per heavy atom. The third-order valence-electron chi connectivity index (χ3n) is 5.24. The van der Waals surface area contributed by atoms with Crippen LogP contribution in [-0.4, -0.2) is 63.5 Å². The first-order chi connectivity index (χ1) is 14.5. The maximum absolute atomic E-state index is 9.66. The van der Waals surface area contributed by atoms with Gasteiger partial charge in [0.15, 0.2) is 0 Å². The molecular formula is C24H53NO4P+. The van der Waals surface area contributed by atoms with Crippen molar-refractivity contribution in [1.29, 1.82) is 0 Å². The smallest absolute Gasteiger partial charge is 0.330 e. The Morgan fingerprint density at radius 3 is 1.50 bits per heavy atom. The average Bonchev–Trinajstić information content (AvgIpc) is 2.68. The molecule has 0 heterocycles. The van der Waals surface area contributed by atoms with Gasteiger partial charge in [-0.05, 0) is 12.8 Å². The van der Waals surface area contributed by atoms with Crippen LogP contribution in [0, 0.1) is 0 Å². The normalized spacial score (nSPS) is 13.1. The zero-order valence-corrected chi connectivity index (χ0v) is 21.6. The van der Waals surface area contributed by atoms with E-state index in [4.69, 9.17) is 13.8 Å². The van der Waals surface area contributed by atoms with Crippen molar-refractivity contribution in [3.05, 3.63) is 0 Å². The lowest BCUT2D eigenvalue weighted by Crippen LogP contribution is -2.37. The summed E-state index contributed by atoms with van der Waals surface area (Å²) in [6, 6.07) is 0. The van der Waals surface area contributed by atoms with Gasteiger partial charge in [0.1, 0.15) is 13.2 Å². The van der Waals surface area contributed by atoms with Crippen molar-refractivity contribution in [2.75, 3.05) is 54.1 Å². The molecule has 1 atom stereocenters. The molecule has 0 aliphatic carbocycles. The molecule has 0 aromatic rings. The van der Waals surface area contributed by atoms with Gasteiger partial charge >= 0.3 is 8.60 Å². The van der Waals surface area contributed by atoms with Crippen LogP contribution < -0.4 is 0 Å². The fourth-order valence-electron chi connectivity index (χ4n) is 3.23. The van der Waals surface area contributed by atoms with E-state index in [1.54, 1.807) is 0 Å². The Labute approximate surface area is 189 Å². The third-order valence-corrected chi connectivity index (χ3v) is 6.05. The second-order valence-corrected chi connectivity index (χ2v) is 10.5. The fourth-order valence-corrected chi connectivity index (χ4v) is 3.83. The number of ether oxygens (including phenoxy) is 1. The number of hydrogen-bond acceptors (Lipinski definition) is 4. The van der Waals surface area contributed by atoms with Crippen LogP contribution in [0.3, 0.4) is 0 Å². The van der Waals surface area contributed by atoms with E-state index in [-0.39, 0.29) is 0 Å². The van der Waals surface area contributed by atoms with E-state index in [0.29, 0.717) is 19.8 Å². The molecule has 0 aromatic heterocycles. The Hall–Kier alpha value is 0.230. The summed E-state index contributed by atoms with van der Waals surface area (Å²) in [7, 11) is 4.54. The lowest BCUT2D eigenvalue weighted by Gasteiger charge is -2.23. The van der Waals surface area contributed by atoms with Crippen LogP contribution in [0.1, 0.15) is 103 Å². The third kappa shape index (κ3) is 26.3. The molecule has 1 N–H and O–H groups in total. The molecule has 0 aromatic carbocycles. The standard InChI is InChI=1S/C24H53NO4P/c1-5-6-7-8-9-10-11-12-13-14-15-16-17-18-21-27-22-19-23-28-30(26)29-24-20-25(2,3)4/h26H,5-24H2,1-4H3/q+1. The van der Waals surface area contributed by atoms with Crippen molar-refractivity contribution < 1.29 is 23.2 Å². The Kier molecular flexibility index (Phi) is 22.6. The predicted octanol–water partition coefficient (Wildman–Crippen LogP) is 6.83. The molecule has 0 saturated carbocycles. The van der Waals surface area contributed by atoms with Crippen LogP contribution in [0.2, 0.25) is 0 Å². The number of likely N-dealkylation sites (N-methyl/N-ethyl adjacent to an activating group) is 1. The zero-order valence-electron chi connectivity index (χ0n) is 20.7. The van der Waals surface area contributed by atoms with Gasteiger partial charge in [-0.1, -0.05) is 90.4 Å². The van der Waals surface area contributed by atoms with Crippen molar-refractivity contribution >= 4 is 8.60 Å².